The molecule has 2 rings (SSSR count). The van der Waals surface area contributed by atoms with Gasteiger partial charge in [-0.05, 0) is 31.6 Å². The van der Waals surface area contributed by atoms with Gasteiger partial charge in [0.05, 0.1) is 0 Å². The maximum atomic E-state index is 12.4. The molecule has 0 radical (unpaired) electrons. The molecule has 0 spiro atoms. The molecule has 0 aromatic carbocycles. The number of hydrogen-bond donors (Lipinski definition) is 0. The zero-order chi connectivity index (χ0) is 12.1. The van der Waals surface area contributed by atoms with Gasteiger partial charge in [-0.15, -0.1) is 0 Å². The minimum Gasteiger partial charge on any atom is -0.325 e. The monoisotopic (exact) mass is 238 g/mol. The molecule has 2 aliphatic heterocycles. The highest BCUT2D eigenvalue weighted by atomic mass is 16.2. The molecule has 1 unspecified atom stereocenters. The fourth-order valence-corrected chi connectivity index (χ4v) is 3.00. The van der Waals surface area contributed by atoms with Crippen LogP contribution in [-0.4, -0.2) is 42.0 Å². The zero-order valence-corrected chi connectivity index (χ0v) is 11.2. The summed E-state index contributed by atoms with van der Waals surface area (Å²) in [5.74, 6) is 0.683. The normalized spacial score (nSPS) is 27.5. The van der Waals surface area contributed by atoms with Gasteiger partial charge in [0.15, 0.2) is 0 Å². The smallest absolute Gasteiger partial charge is 0.320 e. The molecule has 0 saturated carbocycles. The second-order valence-corrected chi connectivity index (χ2v) is 5.73. The van der Waals surface area contributed by atoms with E-state index in [1.54, 1.807) is 0 Å². The summed E-state index contributed by atoms with van der Waals surface area (Å²) < 4.78 is 0. The van der Waals surface area contributed by atoms with Crippen molar-refractivity contribution in [1.29, 1.82) is 0 Å². The van der Waals surface area contributed by atoms with Crippen LogP contribution >= 0.6 is 0 Å². The van der Waals surface area contributed by atoms with Gasteiger partial charge in [-0.2, -0.15) is 0 Å². The molecule has 0 aliphatic carbocycles. The van der Waals surface area contributed by atoms with Gasteiger partial charge in [0.25, 0.3) is 0 Å². The highest BCUT2D eigenvalue weighted by molar-refractivity contribution is 5.74. The number of urea groups is 1. The van der Waals surface area contributed by atoms with Gasteiger partial charge in [0.1, 0.15) is 0 Å². The standard InChI is InChI=1S/C14H26N2O/c1-13-8-7-11-16(12-13)14(17)15-9-5-3-2-4-6-10-15/h13H,2-12H2,1H3. The SMILES string of the molecule is CC1CCCN(C(=O)N2CCCCCCC2)C1. The highest BCUT2D eigenvalue weighted by Gasteiger charge is 2.25. The Balaban J connectivity index is 1.87. The van der Waals surface area contributed by atoms with Crippen LogP contribution in [0.15, 0.2) is 0 Å². The van der Waals surface area contributed by atoms with E-state index in [2.05, 4.69) is 16.7 Å². The van der Waals surface area contributed by atoms with Crippen LogP contribution < -0.4 is 0 Å². The van der Waals surface area contributed by atoms with Gasteiger partial charge < -0.3 is 9.80 Å². The van der Waals surface area contributed by atoms with Crippen LogP contribution in [0.25, 0.3) is 0 Å². The van der Waals surface area contributed by atoms with Crippen LogP contribution in [0.5, 0.6) is 0 Å². The van der Waals surface area contributed by atoms with E-state index < -0.39 is 0 Å². The Morgan fingerprint density at radius 3 is 2.12 bits per heavy atom. The molecule has 2 amide bonds. The summed E-state index contributed by atoms with van der Waals surface area (Å²) in [6, 6.07) is 0.304. The van der Waals surface area contributed by atoms with Gasteiger partial charge in [-0.25, -0.2) is 4.79 Å². The van der Waals surface area contributed by atoms with E-state index in [1.165, 1.54) is 44.9 Å². The molecule has 0 aromatic rings. The fourth-order valence-electron chi connectivity index (χ4n) is 3.00. The lowest BCUT2D eigenvalue weighted by molar-refractivity contribution is 0.128. The van der Waals surface area contributed by atoms with E-state index >= 15 is 0 Å². The summed E-state index contributed by atoms with van der Waals surface area (Å²) in [7, 11) is 0. The number of hydrogen-bond acceptors (Lipinski definition) is 1. The van der Waals surface area contributed by atoms with Gasteiger partial charge in [-0.3, -0.25) is 0 Å². The number of carbonyl (C=O) groups excluding carboxylic acids is 1. The zero-order valence-electron chi connectivity index (χ0n) is 11.2. The third-order valence-corrected chi connectivity index (χ3v) is 4.05. The average Bonchev–Trinajstić information content (AvgIpc) is 2.28. The van der Waals surface area contributed by atoms with Crippen molar-refractivity contribution in [1.82, 2.24) is 9.80 Å². The minimum atomic E-state index is 0.304. The Kier molecular flexibility index (Phi) is 4.69. The maximum Gasteiger partial charge on any atom is 0.320 e. The van der Waals surface area contributed by atoms with Crippen LogP contribution in [0.1, 0.15) is 51.9 Å². The molecule has 17 heavy (non-hydrogen) atoms. The summed E-state index contributed by atoms with van der Waals surface area (Å²) in [4.78, 5) is 16.6. The Morgan fingerprint density at radius 1 is 0.882 bits per heavy atom. The first kappa shape index (κ1) is 12.7. The molecule has 0 bridgehead atoms. The third-order valence-electron chi connectivity index (χ3n) is 4.05. The number of amides is 2. The van der Waals surface area contributed by atoms with Gasteiger partial charge in [0, 0.05) is 26.2 Å². The maximum absolute atomic E-state index is 12.4. The predicted octanol–water partition coefficient (Wildman–Crippen LogP) is 3.10. The lowest BCUT2D eigenvalue weighted by Crippen LogP contribution is -2.48. The van der Waals surface area contributed by atoms with Gasteiger partial charge in [-0.1, -0.05) is 26.2 Å². The van der Waals surface area contributed by atoms with E-state index in [-0.39, 0.29) is 0 Å². The molecule has 2 heterocycles. The first-order valence-electron chi connectivity index (χ1n) is 7.31. The van der Waals surface area contributed by atoms with Gasteiger partial charge >= 0.3 is 6.03 Å². The molecular formula is C14H26N2O. The summed E-state index contributed by atoms with van der Waals surface area (Å²) in [5.41, 5.74) is 0. The van der Waals surface area contributed by atoms with Crippen LogP contribution in [0, 0.1) is 5.92 Å². The predicted molar refractivity (Wildman–Crippen MR) is 70.0 cm³/mol. The lowest BCUT2D eigenvalue weighted by atomic mass is 10.0. The molecule has 98 valence electrons. The highest BCUT2D eigenvalue weighted by Crippen LogP contribution is 2.18. The number of rotatable bonds is 0. The Bertz CT molecular complexity index is 247. The van der Waals surface area contributed by atoms with Crippen molar-refractivity contribution < 1.29 is 4.79 Å². The number of nitrogens with zero attached hydrogens (tertiary/aromatic N) is 2. The summed E-state index contributed by atoms with van der Waals surface area (Å²) in [6.07, 6.45) is 8.78. The van der Waals surface area contributed by atoms with Crippen molar-refractivity contribution in [3.8, 4) is 0 Å². The van der Waals surface area contributed by atoms with Crippen LogP contribution in [-0.2, 0) is 0 Å². The van der Waals surface area contributed by atoms with E-state index in [0.717, 1.165) is 26.2 Å². The van der Waals surface area contributed by atoms with Crippen molar-refractivity contribution in [2.75, 3.05) is 26.2 Å². The largest absolute Gasteiger partial charge is 0.325 e. The summed E-state index contributed by atoms with van der Waals surface area (Å²) in [5, 5.41) is 0. The Hall–Kier alpha value is -0.730. The Morgan fingerprint density at radius 2 is 1.47 bits per heavy atom. The fraction of sp³-hybridized carbons (Fsp3) is 0.929. The third kappa shape index (κ3) is 3.62. The first-order chi connectivity index (χ1) is 8.27. The first-order valence-corrected chi connectivity index (χ1v) is 7.31. The number of piperidine rings is 1. The van der Waals surface area contributed by atoms with E-state index in [4.69, 9.17) is 0 Å². The quantitative estimate of drug-likeness (QED) is 0.636. The molecule has 1 atom stereocenters. The van der Waals surface area contributed by atoms with Crippen LogP contribution in [0.3, 0.4) is 0 Å². The van der Waals surface area contributed by atoms with E-state index in [1.807, 2.05) is 0 Å². The number of carbonyl (C=O) groups is 1. The number of likely N-dealkylation sites (tertiary alicyclic amines) is 2. The van der Waals surface area contributed by atoms with E-state index in [0.29, 0.717) is 11.9 Å². The lowest BCUT2D eigenvalue weighted by Gasteiger charge is -2.36. The van der Waals surface area contributed by atoms with Crippen molar-refractivity contribution in [2.24, 2.45) is 5.92 Å². The molecule has 0 aromatic heterocycles. The Labute approximate surface area is 105 Å². The van der Waals surface area contributed by atoms with Crippen molar-refractivity contribution >= 4 is 6.03 Å². The van der Waals surface area contributed by atoms with Crippen LogP contribution in [0.2, 0.25) is 0 Å². The molecule has 2 saturated heterocycles. The molecule has 2 fully saturated rings. The summed E-state index contributed by atoms with van der Waals surface area (Å²) in [6.45, 7) is 6.15. The second kappa shape index (κ2) is 6.27. The molecule has 2 aliphatic rings. The molecular weight excluding hydrogens is 212 g/mol. The topological polar surface area (TPSA) is 23.6 Å². The minimum absolute atomic E-state index is 0.304. The van der Waals surface area contributed by atoms with Crippen molar-refractivity contribution in [3.63, 3.8) is 0 Å². The summed E-state index contributed by atoms with van der Waals surface area (Å²) >= 11 is 0. The van der Waals surface area contributed by atoms with Crippen molar-refractivity contribution in [3.05, 3.63) is 0 Å². The van der Waals surface area contributed by atoms with Gasteiger partial charge in [0.2, 0.25) is 0 Å². The van der Waals surface area contributed by atoms with E-state index in [9.17, 15) is 4.79 Å². The molecule has 3 nitrogen and oxygen atoms in total. The van der Waals surface area contributed by atoms with Crippen molar-refractivity contribution in [2.45, 2.75) is 51.9 Å². The molecule has 0 N–H and O–H groups in total. The average molecular weight is 238 g/mol. The van der Waals surface area contributed by atoms with Crippen LogP contribution in [0.4, 0.5) is 4.79 Å². The molecule has 3 heteroatoms. The second-order valence-electron chi connectivity index (χ2n) is 5.73.